The lowest BCUT2D eigenvalue weighted by atomic mass is 10.1. The highest BCUT2D eigenvalue weighted by atomic mass is 15.5. The Labute approximate surface area is 122 Å². The minimum Gasteiger partial charge on any atom is -0.271 e. The summed E-state index contributed by atoms with van der Waals surface area (Å²) in [4.78, 5) is 5.90. The van der Waals surface area contributed by atoms with E-state index in [1.54, 1.807) is 17.2 Å². The molecule has 1 atom stereocenters. The molecule has 1 aromatic carbocycles. The van der Waals surface area contributed by atoms with Gasteiger partial charge in [-0.3, -0.25) is 16.3 Å². The Bertz CT molecular complexity index is 680. The van der Waals surface area contributed by atoms with Crippen LogP contribution in [0.15, 0.2) is 60.9 Å². The van der Waals surface area contributed by atoms with Crippen molar-refractivity contribution in [3.63, 3.8) is 0 Å². The number of pyridine rings is 1. The van der Waals surface area contributed by atoms with E-state index >= 15 is 0 Å². The molecule has 0 radical (unpaired) electrons. The molecular formula is C15H16N6. The predicted octanol–water partition coefficient (Wildman–Crippen LogP) is 1.41. The molecule has 2 aromatic heterocycles. The van der Waals surface area contributed by atoms with E-state index in [1.807, 2.05) is 48.5 Å². The highest BCUT2D eigenvalue weighted by Crippen LogP contribution is 2.15. The van der Waals surface area contributed by atoms with E-state index in [-0.39, 0.29) is 6.04 Å². The van der Waals surface area contributed by atoms with Crippen LogP contribution in [0.3, 0.4) is 0 Å². The molecule has 6 heteroatoms. The van der Waals surface area contributed by atoms with Crippen molar-refractivity contribution in [3.8, 4) is 5.69 Å². The van der Waals surface area contributed by atoms with Crippen molar-refractivity contribution in [2.75, 3.05) is 0 Å². The zero-order valence-corrected chi connectivity index (χ0v) is 11.4. The molecule has 3 rings (SSSR count). The number of nitrogens with one attached hydrogen (secondary N) is 1. The zero-order chi connectivity index (χ0) is 14.5. The molecule has 0 saturated heterocycles. The molecule has 0 spiro atoms. The molecule has 3 N–H and O–H groups in total. The lowest BCUT2D eigenvalue weighted by Crippen LogP contribution is -2.30. The first-order chi connectivity index (χ1) is 10.4. The van der Waals surface area contributed by atoms with Gasteiger partial charge < -0.3 is 0 Å². The number of nitrogens with zero attached hydrogens (tertiary/aromatic N) is 4. The van der Waals surface area contributed by atoms with Crippen molar-refractivity contribution < 1.29 is 0 Å². The van der Waals surface area contributed by atoms with Crippen molar-refractivity contribution in [2.24, 2.45) is 5.84 Å². The maximum Gasteiger partial charge on any atom is 0.102 e. The van der Waals surface area contributed by atoms with Crippen LogP contribution in [-0.2, 0) is 6.42 Å². The van der Waals surface area contributed by atoms with Gasteiger partial charge in [-0.15, -0.1) is 0 Å². The Morgan fingerprint density at radius 3 is 2.62 bits per heavy atom. The molecule has 3 aromatic rings. The summed E-state index contributed by atoms with van der Waals surface area (Å²) < 4.78 is 0. The molecule has 1 unspecified atom stereocenters. The van der Waals surface area contributed by atoms with E-state index in [9.17, 15) is 0 Å². The number of aromatic nitrogens is 4. The molecule has 0 aliphatic carbocycles. The van der Waals surface area contributed by atoms with Crippen LogP contribution < -0.4 is 11.3 Å². The molecule has 0 bridgehead atoms. The van der Waals surface area contributed by atoms with Gasteiger partial charge in [0.25, 0.3) is 0 Å². The molecule has 2 heterocycles. The fourth-order valence-corrected chi connectivity index (χ4v) is 2.10. The molecular weight excluding hydrogens is 264 g/mol. The van der Waals surface area contributed by atoms with Crippen LogP contribution in [0.4, 0.5) is 0 Å². The monoisotopic (exact) mass is 280 g/mol. The number of hydrogen-bond acceptors (Lipinski definition) is 5. The summed E-state index contributed by atoms with van der Waals surface area (Å²) in [6, 6.07) is 15.4. The molecule has 0 aliphatic heterocycles. The van der Waals surface area contributed by atoms with Gasteiger partial charge in [0.15, 0.2) is 0 Å². The summed E-state index contributed by atoms with van der Waals surface area (Å²) in [5.41, 5.74) is 5.43. The van der Waals surface area contributed by atoms with Crippen molar-refractivity contribution in [1.29, 1.82) is 0 Å². The molecule has 106 valence electrons. The third-order valence-corrected chi connectivity index (χ3v) is 3.19. The molecule has 0 saturated carbocycles. The van der Waals surface area contributed by atoms with E-state index in [1.165, 1.54) is 0 Å². The van der Waals surface area contributed by atoms with Crippen molar-refractivity contribution in [3.05, 3.63) is 72.3 Å². The third kappa shape index (κ3) is 3.13. The smallest absolute Gasteiger partial charge is 0.102 e. The maximum atomic E-state index is 5.65. The number of rotatable bonds is 5. The van der Waals surface area contributed by atoms with Crippen LogP contribution in [0.25, 0.3) is 5.69 Å². The summed E-state index contributed by atoms with van der Waals surface area (Å²) in [5.74, 6) is 5.65. The maximum absolute atomic E-state index is 5.65. The quantitative estimate of drug-likeness (QED) is 0.545. The van der Waals surface area contributed by atoms with Gasteiger partial charge in [0, 0.05) is 18.3 Å². The van der Waals surface area contributed by atoms with Gasteiger partial charge >= 0.3 is 0 Å². The lowest BCUT2D eigenvalue weighted by Gasteiger charge is -2.12. The normalized spacial score (nSPS) is 12.2. The van der Waals surface area contributed by atoms with Crippen LogP contribution >= 0.6 is 0 Å². The second-order valence-electron chi connectivity index (χ2n) is 4.64. The van der Waals surface area contributed by atoms with Crippen LogP contribution in [-0.4, -0.2) is 20.0 Å². The Kier molecular flexibility index (Phi) is 3.99. The minimum absolute atomic E-state index is 0.127. The highest BCUT2D eigenvalue weighted by molar-refractivity contribution is 5.28. The van der Waals surface area contributed by atoms with Gasteiger partial charge in [-0.1, -0.05) is 24.3 Å². The first kappa shape index (κ1) is 13.4. The van der Waals surface area contributed by atoms with Gasteiger partial charge in [-0.2, -0.15) is 15.0 Å². The van der Waals surface area contributed by atoms with Gasteiger partial charge in [0.2, 0.25) is 0 Å². The Morgan fingerprint density at radius 1 is 1.10 bits per heavy atom. The van der Waals surface area contributed by atoms with Gasteiger partial charge in [0.05, 0.1) is 17.9 Å². The molecule has 0 fully saturated rings. The van der Waals surface area contributed by atoms with E-state index in [2.05, 4.69) is 20.6 Å². The SMILES string of the molecule is NNC(Cc1ccccn1)c1cnn(-c2ccccc2)n1. The second-order valence-corrected chi connectivity index (χ2v) is 4.64. The number of benzene rings is 1. The van der Waals surface area contributed by atoms with Crippen molar-refractivity contribution >= 4 is 0 Å². The first-order valence-electron chi connectivity index (χ1n) is 6.70. The second kappa shape index (κ2) is 6.25. The summed E-state index contributed by atoms with van der Waals surface area (Å²) in [5, 5.41) is 8.77. The van der Waals surface area contributed by atoms with Crippen LogP contribution in [0.2, 0.25) is 0 Å². The first-order valence-corrected chi connectivity index (χ1v) is 6.70. The zero-order valence-electron chi connectivity index (χ0n) is 11.4. The van der Waals surface area contributed by atoms with Gasteiger partial charge in [0.1, 0.15) is 5.69 Å². The van der Waals surface area contributed by atoms with Crippen LogP contribution in [0.5, 0.6) is 0 Å². The topological polar surface area (TPSA) is 81.6 Å². The van der Waals surface area contributed by atoms with E-state index in [4.69, 9.17) is 5.84 Å². The average molecular weight is 280 g/mol. The Hall–Kier alpha value is -2.57. The molecule has 0 aliphatic rings. The van der Waals surface area contributed by atoms with E-state index in [0.29, 0.717) is 6.42 Å². The molecule has 0 amide bonds. The van der Waals surface area contributed by atoms with Gasteiger partial charge in [-0.05, 0) is 24.3 Å². The molecule has 21 heavy (non-hydrogen) atoms. The minimum atomic E-state index is -0.127. The average Bonchev–Trinajstić information content (AvgIpc) is 3.04. The van der Waals surface area contributed by atoms with E-state index in [0.717, 1.165) is 17.1 Å². The summed E-state index contributed by atoms with van der Waals surface area (Å²) in [6.45, 7) is 0. The third-order valence-electron chi connectivity index (χ3n) is 3.19. The Morgan fingerprint density at radius 2 is 1.90 bits per heavy atom. The number of hydrogen-bond donors (Lipinski definition) is 2. The molecule has 6 nitrogen and oxygen atoms in total. The number of nitrogens with two attached hydrogens (primary N) is 1. The lowest BCUT2D eigenvalue weighted by molar-refractivity contribution is 0.527. The Balaban J connectivity index is 1.81. The fraction of sp³-hybridized carbons (Fsp3) is 0.133. The fourth-order valence-electron chi connectivity index (χ4n) is 2.10. The largest absolute Gasteiger partial charge is 0.271 e. The standard InChI is InChI=1S/C15H16N6/c16-19-14(10-12-6-4-5-9-17-12)15-11-18-21(20-15)13-7-2-1-3-8-13/h1-9,11,14,19H,10,16H2. The predicted molar refractivity (Wildman–Crippen MR) is 79.4 cm³/mol. The van der Waals surface area contributed by atoms with Crippen LogP contribution in [0.1, 0.15) is 17.4 Å². The number of para-hydroxylation sites is 1. The van der Waals surface area contributed by atoms with Gasteiger partial charge in [-0.25, -0.2) is 0 Å². The highest BCUT2D eigenvalue weighted by Gasteiger charge is 2.15. The number of hydrazine groups is 1. The van der Waals surface area contributed by atoms with Crippen LogP contribution in [0, 0.1) is 0 Å². The summed E-state index contributed by atoms with van der Waals surface area (Å²) >= 11 is 0. The van der Waals surface area contributed by atoms with Crippen molar-refractivity contribution in [2.45, 2.75) is 12.5 Å². The van der Waals surface area contributed by atoms with Crippen molar-refractivity contribution in [1.82, 2.24) is 25.4 Å². The summed E-state index contributed by atoms with van der Waals surface area (Å²) in [6.07, 6.45) is 4.15. The van der Waals surface area contributed by atoms with E-state index < -0.39 is 0 Å². The summed E-state index contributed by atoms with van der Waals surface area (Å²) in [7, 11) is 0.